The molecule has 1 aromatic heterocycles. The van der Waals surface area contributed by atoms with Crippen LogP contribution in [0.3, 0.4) is 0 Å². The SMILES string of the molecule is C[C@@H](C(=O)O)n1cccc1CN. The van der Waals surface area contributed by atoms with E-state index in [4.69, 9.17) is 10.8 Å². The van der Waals surface area contributed by atoms with Crippen LogP contribution in [0.25, 0.3) is 0 Å². The van der Waals surface area contributed by atoms with Gasteiger partial charge in [-0.15, -0.1) is 0 Å². The highest BCUT2D eigenvalue weighted by Gasteiger charge is 2.13. The van der Waals surface area contributed by atoms with Crippen molar-refractivity contribution in [3.8, 4) is 0 Å². The normalized spacial score (nSPS) is 12.8. The minimum atomic E-state index is -0.846. The van der Waals surface area contributed by atoms with E-state index in [1.165, 1.54) is 0 Å². The molecule has 0 spiro atoms. The van der Waals surface area contributed by atoms with E-state index < -0.39 is 12.0 Å². The molecule has 0 aliphatic carbocycles. The minimum Gasteiger partial charge on any atom is -0.480 e. The summed E-state index contributed by atoms with van der Waals surface area (Å²) in [5.41, 5.74) is 6.26. The fourth-order valence-corrected chi connectivity index (χ4v) is 1.10. The van der Waals surface area contributed by atoms with Crippen molar-refractivity contribution in [3.63, 3.8) is 0 Å². The lowest BCUT2D eigenvalue weighted by Crippen LogP contribution is -2.18. The molecule has 0 aliphatic heterocycles. The second kappa shape index (κ2) is 3.40. The van der Waals surface area contributed by atoms with Gasteiger partial charge in [-0.25, -0.2) is 4.79 Å². The molecule has 0 fully saturated rings. The standard InChI is InChI=1S/C8H12N2O2/c1-6(8(11)12)10-4-2-3-7(10)5-9/h2-4,6H,5,9H2,1H3,(H,11,12)/t6-/m0/s1. The van der Waals surface area contributed by atoms with Gasteiger partial charge in [0.05, 0.1) is 0 Å². The monoisotopic (exact) mass is 168 g/mol. The molecule has 0 aliphatic rings. The van der Waals surface area contributed by atoms with Crippen LogP contribution in [0.4, 0.5) is 0 Å². The molecule has 1 rings (SSSR count). The summed E-state index contributed by atoms with van der Waals surface area (Å²) in [4.78, 5) is 10.6. The van der Waals surface area contributed by atoms with Crippen molar-refractivity contribution in [2.75, 3.05) is 0 Å². The first-order valence-corrected chi connectivity index (χ1v) is 3.75. The molecule has 1 atom stereocenters. The molecule has 1 aromatic rings. The van der Waals surface area contributed by atoms with Gasteiger partial charge < -0.3 is 15.4 Å². The van der Waals surface area contributed by atoms with E-state index in [1.54, 1.807) is 23.8 Å². The van der Waals surface area contributed by atoms with Gasteiger partial charge >= 0.3 is 5.97 Å². The van der Waals surface area contributed by atoms with Crippen LogP contribution >= 0.6 is 0 Å². The summed E-state index contributed by atoms with van der Waals surface area (Å²) in [5, 5.41) is 8.71. The number of hydrogen-bond donors (Lipinski definition) is 2. The Bertz CT molecular complexity index is 280. The maximum Gasteiger partial charge on any atom is 0.326 e. The van der Waals surface area contributed by atoms with Crippen LogP contribution in [-0.4, -0.2) is 15.6 Å². The first-order valence-electron chi connectivity index (χ1n) is 3.75. The summed E-state index contributed by atoms with van der Waals surface area (Å²) in [6, 6.07) is 3.07. The van der Waals surface area contributed by atoms with Gasteiger partial charge in [0.2, 0.25) is 0 Å². The summed E-state index contributed by atoms with van der Waals surface area (Å²) >= 11 is 0. The van der Waals surface area contributed by atoms with Gasteiger partial charge in [-0.05, 0) is 19.1 Å². The zero-order valence-electron chi connectivity index (χ0n) is 6.90. The Balaban J connectivity index is 2.93. The van der Waals surface area contributed by atoms with E-state index in [9.17, 15) is 4.79 Å². The number of nitrogens with two attached hydrogens (primary N) is 1. The summed E-state index contributed by atoms with van der Waals surface area (Å²) in [6.45, 7) is 1.99. The first kappa shape index (κ1) is 8.80. The first-order chi connectivity index (χ1) is 5.66. The second-order valence-corrected chi connectivity index (χ2v) is 2.63. The van der Waals surface area contributed by atoms with E-state index in [-0.39, 0.29) is 0 Å². The summed E-state index contributed by atoms with van der Waals surface area (Å²) in [5.74, 6) is -0.846. The Morgan fingerprint density at radius 1 is 1.83 bits per heavy atom. The lowest BCUT2D eigenvalue weighted by atomic mass is 10.3. The van der Waals surface area contributed by atoms with Crippen molar-refractivity contribution >= 4 is 5.97 Å². The highest BCUT2D eigenvalue weighted by Crippen LogP contribution is 2.10. The molecule has 0 radical (unpaired) electrons. The van der Waals surface area contributed by atoms with Gasteiger partial charge in [0, 0.05) is 18.4 Å². The number of hydrogen-bond acceptors (Lipinski definition) is 2. The predicted octanol–water partition coefficient (Wildman–Crippen LogP) is 0.592. The zero-order valence-corrected chi connectivity index (χ0v) is 6.90. The Labute approximate surface area is 70.6 Å². The molecule has 0 unspecified atom stereocenters. The van der Waals surface area contributed by atoms with E-state index in [0.29, 0.717) is 6.54 Å². The Morgan fingerprint density at radius 3 is 3.00 bits per heavy atom. The molecule has 4 heteroatoms. The van der Waals surface area contributed by atoms with Crippen molar-refractivity contribution in [3.05, 3.63) is 24.0 Å². The molecule has 0 saturated carbocycles. The second-order valence-electron chi connectivity index (χ2n) is 2.63. The van der Waals surface area contributed by atoms with E-state index in [2.05, 4.69) is 0 Å². The van der Waals surface area contributed by atoms with Crippen molar-refractivity contribution in [1.29, 1.82) is 0 Å². The average Bonchev–Trinajstić information content (AvgIpc) is 2.49. The van der Waals surface area contributed by atoms with Gasteiger partial charge in [0.25, 0.3) is 0 Å². The number of aliphatic carboxylic acids is 1. The molecule has 1 heterocycles. The van der Waals surface area contributed by atoms with Crippen LogP contribution in [0.5, 0.6) is 0 Å². The van der Waals surface area contributed by atoms with E-state index >= 15 is 0 Å². The lowest BCUT2D eigenvalue weighted by molar-refractivity contribution is -0.140. The molecule has 12 heavy (non-hydrogen) atoms. The quantitative estimate of drug-likeness (QED) is 0.694. The van der Waals surface area contributed by atoms with Crippen molar-refractivity contribution in [2.24, 2.45) is 5.73 Å². The van der Waals surface area contributed by atoms with Crippen LogP contribution in [0.2, 0.25) is 0 Å². The fraction of sp³-hybridized carbons (Fsp3) is 0.375. The number of aromatic nitrogens is 1. The topological polar surface area (TPSA) is 68.2 Å². The molecule has 66 valence electrons. The highest BCUT2D eigenvalue weighted by molar-refractivity contribution is 5.71. The summed E-state index contributed by atoms with van der Waals surface area (Å²) < 4.78 is 1.66. The van der Waals surface area contributed by atoms with E-state index in [0.717, 1.165) is 5.69 Å². The van der Waals surface area contributed by atoms with Crippen molar-refractivity contribution in [1.82, 2.24) is 4.57 Å². The van der Waals surface area contributed by atoms with Gasteiger partial charge in [0.1, 0.15) is 6.04 Å². The van der Waals surface area contributed by atoms with Gasteiger partial charge in [-0.3, -0.25) is 0 Å². The predicted molar refractivity (Wildman–Crippen MR) is 44.7 cm³/mol. The summed E-state index contributed by atoms with van der Waals surface area (Å²) in [6.07, 6.45) is 1.72. The Hall–Kier alpha value is -1.29. The minimum absolute atomic E-state index is 0.366. The Morgan fingerprint density at radius 2 is 2.50 bits per heavy atom. The van der Waals surface area contributed by atoms with Gasteiger partial charge in [-0.1, -0.05) is 0 Å². The molecule has 0 bridgehead atoms. The molecule has 4 nitrogen and oxygen atoms in total. The van der Waals surface area contributed by atoms with Crippen LogP contribution in [-0.2, 0) is 11.3 Å². The van der Waals surface area contributed by atoms with Crippen LogP contribution in [0.1, 0.15) is 18.7 Å². The third-order valence-corrected chi connectivity index (χ3v) is 1.85. The maximum absolute atomic E-state index is 10.6. The third-order valence-electron chi connectivity index (χ3n) is 1.85. The number of carboxylic acids is 1. The van der Waals surface area contributed by atoms with Gasteiger partial charge in [-0.2, -0.15) is 0 Å². The number of nitrogens with zero attached hydrogens (tertiary/aromatic N) is 1. The fourth-order valence-electron chi connectivity index (χ4n) is 1.10. The average molecular weight is 168 g/mol. The van der Waals surface area contributed by atoms with Crippen LogP contribution < -0.4 is 5.73 Å². The smallest absolute Gasteiger partial charge is 0.326 e. The zero-order chi connectivity index (χ0) is 9.14. The Kier molecular flexibility index (Phi) is 2.50. The molecule has 0 aromatic carbocycles. The number of carboxylic acid groups (broad SMARTS) is 1. The van der Waals surface area contributed by atoms with Crippen LogP contribution in [0, 0.1) is 0 Å². The lowest BCUT2D eigenvalue weighted by Gasteiger charge is -2.11. The van der Waals surface area contributed by atoms with Crippen LogP contribution in [0.15, 0.2) is 18.3 Å². The van der Waals surface area contributed by atoms with Crippen molar-refractivity contribution < 1.29 is 9.90 Å². The summed E-state index contributed by atoms with van der Waals surface area (Å²) in [7, 11) is 0. The molecular weight excluding hydrogens is 156 g/mol. The molecule has 3 N–H and O–H groups in total. The van der Waals surface area contributed by atoms with Gasteiger partial charge in [0.15, 0.2) is 0 Å². The highest BCUT2D eigenvalue weighted by atomic mass is 16.4. The maximum atomic E-state index is 10.6. The third kappa shape index (κ3) is 1.48. The van der Waals surface area contributed by atoms with E-state index in [1.807, 2.05) is 6.07 Å². The molecular formula is C8H12N2O2. The van der Waals surface area contributed by atoms with Crippen molar-refractivity contribution in [2.45, 2.75) is 19.5 Å². The number of carbonyl (C=O) groups is 1. The largest absolute Gasteiger partial charge is 0.480 e. The number of rotatable bonds is 3. The molecule has 0 amide bonds. The molecule has 0 saturated heterocycles.